The zero-order valence-electron chi connectivity index (χ0n) is 52.3. The van der Waals surface area contributed by atoms with Crippen molar-refractivity contribution < 1.29 is 49.3 Å². The molecule has 0 aromatic heterocycles. The molecule has 0 bridgehead atoms. The molecule has 0 spiro atoms. The van der Waals surface area contributed by atoms with Crippen molar-refractivity contribution in [3.05, 3.63) is 134 Å². The van der Waals surface area contributed by atoms with E-state index in [-0.39, 0.29) is 19.4 Å². The van der Waals surface area contributed by atoms with Gasteiger partial charge in [-0.1, -0.05) is 264 Å². The lowest BCUT2D eigenvalue weighted by Crippen LogP contribution is -2.61. The van der Waals surface area contributed by atoms with Crippen molar-refractivity contribution in [1.82, 2.24) is 5.32 Å². The molecule has 0 aliphatic carbocycles. The van der Waals surface area contributed by atoms with Gasteiger partial charge in [-0.25, -0.2) is 0 Å². The Kier molecular flexibility index (Phi) is 53.9. The Morgan fingerprint density at radius 2 is 0.867 bits per heavy atom. The second kappa shape index (κ2) is 58.2. The van der Waals surface area contributed by atoms with Crippen LogP contribution in [0.5, 0.6) is 0 Å². The number of hydrogen-bond acceptors (Lipinski definition) is 10. The van der Waals surface area contributed by atoms with Crippen molar-refractivity contribution in [1.29, 1.82) is 0 Å². The standard InChI is InChI=1S/C72H119NO10/c1-4-7-10-13-16-19-22-25-27-29-31-32-33-34-35-37-39-42-45-48-51-54-57-60-67(77)83-70-69(79)68(78)66(61-74)82-72(70)81-62-63(64(75)58-55-52-49-46-43-40-24-21-18-15-12-9-6-3)73-71(80)65(76)59-56-53-50-47-44-41-38-36-30-28-26-23-20-17-14-11-8-5-2/h8,11,16-17,19-20,25-28,31-32,34-36,38,44,47,53,55-56,58,63-66,68-70,72,74-76,78-79H,4-7,9-10,12-15,18,21-24,29-30,33,37,39-43,45-46,48-52,54,57,59-62H2,1-3H3,(H,73,80)/b11-8-,19-16-,20-17-,27-25-,28-26-,32-31-,35-34-,38-36-,47-44-,56-53-,58-55+. The van der Waals surface area contributed by atoms with Gasteiger partial charge >= 0.3 is 5.97 Å². The molecule has 1 saturated heterocycles. The maximum absolute atomic E-state index is 13.4. The molecule has 8 unspecified atom stereocenters. The van der Waals surface area contributed by atoms with Gasteiger partial charge in [0.1, 0.15) is 24.4 Å². The molecule has 1 aliphatic rings. The Labute approximate surface area is 505 Å². The smallest absolute Gasteiger partial charge is 0.306 e. The van der Waals surface area contributed by atoms with Crippen LogP contribution in [0.15, 0.2) is 134 Å². The van der Waals surface area contributed by atoms with Crippen LogP contribution in [0, 0.1) is 0 Å². The molecule has 6 N–H and O–H groups in total. The van der Waals surface area contributed by atoms with Crippen LogP contribution in [0.3, 0.4) is 0 Å². The Bertz CT molecular complexity index is 1860. The van der Waals surface area contributed by atoms with E-state index in [0.29, 0.717) is 12.8 Å². The SMILES string of the molecule is CC/C=C\C/C=C\C/C=C\C/C=C\C/C=C\C/C=C\CC(O)C(=O)NC(COC1OC(CO)C(O)C(O)C1OC(=O)CCCCCCCCC/C=C\C/C=C\C/C=C\C/C=C\CCCCC)C(O)/C=C/CCCCCCCCCCCCC. The molecule has 1 rings (SSSR count). The predicted molar refractivity (Wildman–Crippen MR) is 347 cm³/mol. The Hall–Kier alpha value is -4.20. The number of ether oxygens (including phenoxy) is 3. The molecule has 1 heterocycles. The van der Waals surface area contributed by atoms with E-state index in [1.165, 1.54) is 77.0 Å². The summed E-state index contributed by atoms with van der Waals surface area (Å²) < 4.78 is 17.6. The fraction of sp³-hybridized carbons (Fsp3) is 0.667. The van der Waals surface area contributed by atoms with Gasteiger partial charge in [-0.3, -0.25) is 9.59 Å². The molecule has 1 fully saturated rings. The summed E-state index contributed by atoms with van der Waals surface area (Å²) in [6.45, 7) is 5.59. The lowest BCUT2D eigenvalue weighted by molar-refractivity contribution is -0.305. The van der Waals surface area contributed by atoms with Crippen LogP contribution >= 0.6 is 0 Å². The first kappa shape index (κ1) is 76.8. The van der Waals surface area contributed by atoms with E-state index in [0.717, 1.165) is 122 Å². The van der Waals surface area contributed by atoms with E-state index in [4.69, 9.17) is 14.2 Å². The number of aliphatic hydroxyl groups excluding tert-OH is 5. The molecular weight excluding hydrogens is 1040 g/mol. The fourth-order valence-electron chi connectivity index (χ4n) is 9.36. The van der Waals surface area contributed by atoms with E-state index < -0.39 is 67.4 Å². The number of nitrogens with one attached hydrogen (secondary N) is 1. The summed E-state index contributed by atoms with van der Waals surface area (Å²) in [5.74, 6) is -1.30. The van der Waals surface area contributed by atoms with Gasteiger partial charge in [-0.2, -0.15) is 0 Å². The number of amides is 1. The van der Waals surface area contributed by atoms with Crippen molar-refractivity contribution in [2.75, 3.05) is 13.2 Å². The van der Waals surface area contributed by atoms with Crippen molar-refractivity contribution in [3.8, 4) is 0 Å². The third-order valence-electron chi connectivity index (χ3n) is 14.5. The molecule has 1 aliphatic heterocycles. The van der Waals surface area contributed by atoms with Crippen LogP contribution in [-0.4, -0.2) is 99.6 Å². The Morgan fingerprint density at radius 3 is 1.33 bits per heavy atom. The number of carbonyl (C=O) groups is 2. The van der Waals surface area contributed by atoms with Gasteiger partial charge in [0.25, 0.3) is 0 Å². The molecule has 1 amide bonds. The van der Waals surface area contributed by atoms with Crippen molar-refractivity contribution in [3.63, 3.8) is 0 Å². The maximum atomic E-state index is 13.4. The average molecular weight is 1160 g/mol. The lowest BCUT2D eigenvalue weighted by Gasteiger charge is -2.41. The molecule has 0 radical (unpaired) electrons. The molecule has 0 saturated carbocycles. The van der Waals surface area contributed by atoms with Crippen LogP contribution in [0.25, 0.3) is 0 Å². The molecular formula is C72H119NO10. The van der Waals surface area contributed by atoms with E-state index in [1.807, 2.05) is 18.2 Å². The highest BCUT2D eigenvalue weighted by atomic mass is 16.7. The summed E-state index contributed by atoms with van der Waals surface area (Å²) in [7, 11) is 0. The fourth-order valence-corrected chi connectivity index (χ4v) is 9.36. The number of hydrogen-bond donors (Lipinski definition) is 6. The summed E-state index contributed by atoms with van der Waals surface area (Å²) in [6, 6.07) is -1.08. The third-order valence-corrected chi connectivity index (χ3v) is 14.5. The summed E-state index contributed by atoms with van der Waals surface area (Å²) in [6.07, 6.45) is 72.1. The monoisotopic (exact) mass is 1160 g/mol. The molecule has 8 atom stereocenters. The van der Waals surface area contributed by atoms with Crippen LogP contribution in [0.2, 0.25) is 0 Å². The lowest BCUT2D eigenvalue weighted by atomic mass is 9.99. The van der Waals surface area contributed by atoms with Crippen molar-refractivity contribution in [2.24, 2.45) is 0 Å². The topological polar surface area (TPSA) is 175 Å². The summed E-state index contributed by atoms with van der Waals surface area (Å²) in [5.41, 5.74) is 0. The van der Waals surface area contributed by atoms with Gasteiger partial charge in [0.15, 0.2) is 12.4 Å². The normalized spacial score (nSPS) is 19.4. The molecule has 0 aromatic carbocycles. The highest BCUT2D eigenvalue weighted by Crippen LogP contribution is 2.26. The maximum Gasteiger partial charge on any atom is 0.306 e. The number of unbranched alkanes of at least 4 members (excludes halogenated alkanes) is 21. The number of aliphatic hydroxyl groups is 5. The number of rotatable bonds is 54. The van der Waals surface area contributed by atoms with Gasteiger partial charge in [0, 0.05) is 12.8 Å². The molecule has 0 aromatic rings. The van der Waals surface area contributed by atoms with Crippen LogP contribution < -0.4 is 5.32 Å². The second-order valence-electron chi connectivity index (χ2n) is 22.1. The van der Waals surface area contributed by atoms with Gasteiger partial charge in [0.05, 0.1) is 25.4 Å². The van der Waals surface area contributed by atoms with E-state index in [2.05, 4.69) is 129 Å². The van der Waals surface area contributed by atoms with Crippen LogP contribution in [0.4, 0.5) is 0 Å². The largest absolute Gasteiger partial charge is 0.454 e. The van der Waals surface area contributed by atoms with E-state index in [9.17, 15) is 35.1 Å². The highest BCUT2D eigenvalue weighted by molar-refractivity contribution is 5.81. The Morgan fingerprint density at radius 1 is 0.482 bits per heavy atom. The van der Waals surface area contributed by atoms with Crippen LogP contribution in [-0.2, 0) is 23.8 Å². The van der Waals surface area contributed by atoms with Gasteiger partial charge in [0.2, 0.25) is 5.91 Å². The highest BCUT2D eigenvalue weighted by Gasteiger charge is 2.47. The number of allylic oxidation sites excluding steroid dienone is 20. The van der Waals surface area contributed by atoms with Gasteiger partial charge < -0.3 is 45.1 Å². The molecule has 83 heavy (non-hydrogen) atoms. The zero-order chi connectivity index (χ0) is 60.3. The Balaban J connectivity index is 2.71. The average Bonchev–Trinajstić information content (AvgIpc) is 3.54. The second-order valence-corrected chi connectivity index (χ2v) is 22.1. The number of esters is 1. The minimum Gasteiger partial charge on any atom is -0.454 e. The van der Waals surface area contributed by atoms with Gasteiger partial charge in [-0.05, 0) is 103 Å². The summed E-state index contributed by atoms with van der Waals surface area (Å²) in [4.78, 5) is 26.6. The minimum absolute atomic E-state index is 0.0499. The quantitative estimate of drug-likeness (QED) is 0.0195. The molecule has 472 valence electrons. The third kappa shape index (κ3) is 45.8. The predicted octanol–water partition coefficient (Wildman–Crippen LogP) is 16.4. The first-order valence-corrected chi connectivity index (χ1v) is 33.0. The summed E-state index contributed by atoms with van der Waals surface area (Å²) in [5, 5.41) is 57.0. The van der Waals surface area contributed by atoms with Crippen molar-refractivity contribution in [2.45, 2.75) is 294 Å². The van der Waals surface area contributed by atoms with Crippen molar-refractivity contribution >= 4 is 11.9 Å². The first-order valence-electron chi connectivity index (χ1n) is 33.0. The molecule has 11 heteroatoms. The minimum atomic E-state index is -1.64. The van der Waals surface area contributed by atoms with E-state index in [1.54, 1.807) is 12.2 Å². The zero-order valence-corrected chi connectivity index (χ0v) is 52.3. The first-order chi connectivity index (χ1) is 40.7. The molecule has 11 nitrogen and oxygen atoms in total. The van der Waals surface area contributed by atoms with Gasteiger partial charge in [-0.15, -0.1) is 0 Å². The van der Waals surface area contributed by atoms with E-state index >= 15 is 0 Å². The number of carbonyl (C=O) groups excluding carboxylic acids is 2. The van der Waals surface area contributed by atoms with Crippen LogP contribution in [0.1, 0.15) is 245 Å². The summed E-state index contributed by atoms with van der Waals surface area (Å²) >= 11 is 0.